The van der Waals surface area contributed by atoms with Gasteiger partial charge in [-0.05, 0) is 25.7 Å². The van der Waals surface area contributed by atoms with E-state index in [9.17, 15) is 9.90 Å². The summed E-state index contributed by atoms with van der Waals surface area (Å²) in [5.41, 5.74) is 0. The van der Waals surface area contributed by atoms with Crippen LogP contribution in [0.25, 0.3) is 0 Å². The second-order valence-corrected chi connectivity index (χ2v) is 5.68. The van der Waals surface area contributed by atoms with Crippen LogP contribution in [0.1, 0.15) is 64.7 Å². The Morgan fingerprint density at radius 3 is 2.17 bits per heavy atom. The third-order valence-electron chi connectivity index (χ3n) is 3.48. The van der Waals surface area contributed by atoms with Gasteiger partial charge in [0, 0.05) is 6.08 Å². The molecule has 3 heteroatoms. The first-order valence-electron chi connectivity index (χ1n) is 8.74. The molecule has 0 fully saturated rings. The van der Waals surface area contributed by atoms with Crippen molar-refractivity contribution in [3.8, 4) is 0 Å². The number of allylic oxidation sites excluding steroid dienone is 7. The lowest BCUT2D eigenvalue weighted by Crippen LogP contribution is -2.05. The molecule has 0 aromatic rings. The zero-order chi connectivity index (χ0) is 17.2. The fraction of sp³-hybridized carbons (Fsp3) is 0.550. The first kappa shape index (κ1) is 21.4. The average Bonchev–Trinajstić information content (AvgIpc) is 2.52. The van der Waals surface area contributed by atoms with E-state index in [2.05, 4.69) is 13.0 Å². The number of hydrogen-bond acceptors (Lipinski definition) is 2. The van der Waals surface area contributed by atoms with Crippen LogP contribution in [0.3, 0.4) is 0 Å². The van der Waals surface area contributed by atoms with Crippen LogP contribution in [0, 0.1) is 0 Å². The Bertz CT molecular complexity index is 392. The van der Waals surface area contributed by atoms with Gasteiger partial charge < -0.3 is 10.2 Å². The van der Waals surface area contributed by atoms with Crippen LogP contribution < -0.4 is 0 Å². The molecule has 0 aliphatic heterocycles. The van der Waals surface area contributed by atoms with Crippen molar-refractivity contribution in [2.45, 2.75) is 70.8 Å². The summed E-state index contributed by atoms with van der Waals surface area (Å²) < 4.78 is 0. The molecule has 0 saturated carbocycles. The van der Waals surface area contributed by atoms with E-state index >= 15 is 0 Å². The average molecular weight is 320 g/mol. The molecule has 23 heavy (non-hydrogen) atoms. The van der Waals surface area contributed by atoms with Crippen molar-refractivity contribution in [3.63, 3.8) is 0 Å². The summed E-state index contributed by atoms with van der Waals surface area (Å²) in [5.74, 6) is -0.943. The maximum Gasteiger partial charge on any atom is 0.328 e. The fourth-order valence-corrected chi connectivity index (χ4v) is 2.17. The van der Waals surface area contributed by atoms with Gasteiger partial charge in [-0.25, -0.2) is 4.79 Å². The minimum absolute atomic E-state index is 0.149. The van der Waals surface area contributed by atoms with Gasteiger partial charge in [-0.1, -0.05) is 81.6 Å². The van der Waals surface area contributed by atoms with Crippen molar-refractivity contribution in [1.82, 2.24) is 0 Å². The molecular formula is C20H32O3. The van der Waals surface area contributed by atoms with Gasteiger partial charge in [0.1, 0.15) is 0 Å². The Hall–Kier alpha value is -1.61. The molecule has 0 rings (SSSR count). The number of carboxylic acid groups (broad SMARTS) is 1. The number of unbranched alkanes of at least 4 members (excludes halogenated alkanes) is 5. The number of aliphatic hydroxyl groups is 1. The maximum absolute atomic E-state index is 10.2. The normalized spacial score (nSPS) is 13.8. The minimum atomic E-state index is -0.943. The molecule has 0 saturated heterocycles. The van der Waals surface area contributed by atoms with Crippen molar-refractivity contribution < 1.29 is 15.0 Å². The SMILES string of the molecule is CCCCCCCC(O)CCCC=CC=CC=CC=CC(=O)O. The summed E-state index contributed by atoms with van der Waals surface area (Å²) in [5, 5.41) is 18.3. The van der Waals surface area contributed by atoms with Crippen molar-refractivity contribution in [1.29, 1.82) is 0 Å². The van der Waals surface area contributed by atoms with Crippen LogP contribution in [-0.2, 0) is 4.79 Å². The Balaban J connectivity index is 3.53. The van der Waals surface area contributed by atoms with E-state index in [1.165, 1.54) is 31.8 Å². The standard InChI is InChI=1S/C20H32O3/c1-2-3-4-10-13-16-19(21)17-14-11-8-6-5-7-9-12-15-18-20(22)23/h5-9,12,15,18-19,21H,2-4,10-11,13-14,16-17H2,1H3,(H,22,23). The van der Waals surface area contributed by atoms with Crippen LogP contribution in [0.5, 0.6) is 0 Å². The van der Waals surface area contributed by atoms with Crippen molar-refractivity contribution in [2.24, 2.45) is 0 Å². The molecule has 0 aromatic carbocycles. The van der Waals surface area contributed by atoms with Gasteiger partial charge in [0.05, 0.1) is 6.10 Å². The molecular weight excluding hydrogens is 288 g/mol. The molecule has 0 aromatic heterocycles. The summed E-state index contributed by atoms with van der Waals surface area (Å²) in [4.78, 5) is 10.2. The van der Waals surface area contributed by atoms with Gasteiger partial charge in [0.2, 0.25) is 0 Å². The van der Waals surface area contributed by atoms with E-state index in [-0.39, 0.29) is 6.10 Å². The van der Waals surface area contributed by atoms with Gasteiger partial charge in [-0.3, -0.25) is 0 Å². The summed E-state index contributed by atoms with van der Waals surface area (Å²) in [6.07, 6.45) is 23.8. The van der Waals surface area contributed by atoms with Crippen molar-refractivity contribution in [2.75, 3.05) is 0 Å². The van der Waals surface area contributed by atoms with E-state index in [0.717, 1.165) is 38.2 Å². The van der Waals surface area contributed by atoms with Gasteiger partial charge in [0.15, 0.2) is 0 Å². The topological polar surface area (TPSA) is 57.5 Å². The Morgan fingerprint density at radius 2 is 1.48 bits per heavy atom. The summed E-state index contributed by atoms with van der Waals surface area (Å²) in [6.45, 7) is 2.21. The monoisotopic (exact) mass is 320 g/mol. The fourth-order valence-electron chi connectivity index (χ4n) is 2.17. The summed E-state index contributed by atoms with van der Waals surface area (Å²) in [6, 6.07) is 0. The first-order chi connectivity index (χ1) is 11.2. The predicted octanol–water partition coefficient (Wildman–Crippen LogP) is 5.19. The number of aliphatic carboxylic acids is 1. The Labute approximate surface area is 141 Å². The Kier molecular flexibility index (Phi) is 15.6. The lowest BCUT2D eigenvalue weighted by atomic mass is 10.0. The van der Waals surface area contributed by atoms with Gasteiger partial charge in [0.25, 0.3) is 0 Å². The highest BCUT2D eigenvalue weighted by Crippen LogP contribution is 2.11. The van der Waals surface area contributed by atoms with Crippen LogP contribution >= 0.6 is 0 Å². The number of rotatable bonds is 14. The predicted molar refractivity (Wildman–Crippen MR) is 97.4 cm³/mol. The molecule has 130 valence electrons. The first-order valence-corrected chi connectivity index (χ1v) is 8.74. The van der Waals surface area contributed by atoms with Crippen LogP contribution in [0.2, 0.25) is 0 Å². The summed E-state index contributed by atoms with van der Waals surface area (Å²) in [7, 11) is 0. The second kappa shape index (κ2) is 16.8. The molecule has 0 bridgehead atoms. The Morgan fingerprint density at radius 1 is 0.870 bits per heavy atom. The van der Waals surface area contributed by atoms with Gasteiger partial charge in [-0.15, -0.1) is 0 Å². The second-order valence-electron chi connectivity index (χ2n) is 5.68. The van der Waals surface area contributed by atoms with Crippen LogP contribution in [-0.4, -0.2) is 22.3 Å². The highest BCUT2D eigenvalue weighted by atomic mass is 16.4. The molecule has 0 aliphatic rings. The number of hydrogen-bond donors (Lipinski definition) is 2. The highest BCUT2D eigenvalue weighted by molar-refractivity contribution is 5.80. The zero-order valence-corrected chi connectivity index (χ0v) is 14.4. The smallest absolute Gasteiger partial charge is 0.328 e. The molecule has 1 atom stereocenters. The summed E-state index contributed by atoms with van der Waals surface area (Å²) >= 11 is 0. The molecule has 3 nitrogen and oxygen atoms in total. The zero-order valence-electron chi connectivity index (χ0n) is 14.4. The van der Waals surface area contributed by atoms with Gasteiger partial charge >= 0.3 is 5.97 Å². The van der Waals surface area contributed by atoms with E-state index in [1.54, 1.807) is 12.2 Å². The van der Waals surface area contributed by atoms with E-state index in [1.807, 2.05) is 18.2 Å². The highest BCUT2D eigenvalue weighted by Gasteiger charge is 2.02. The number of carboxylic acids is 1. The van der Waals surface area contributed by atoms with E-state index in [4.69, 9.17) is 5.11 Å². The number of carbonyl (C=O) groups is 1. The van der Waals surface area contributed by atoms with Crippen molar-refractivity contribution >= 4 is 5.97 Å². The minimum Gasteiger partial charge on any atom is -0.478 e. The third kappa shape index (κ3) is 18.3. The van der Waals surface area contributed by atoms with Crippen LogP contribution in [0.15, 0.2) is 48.6 Å². The molecule has 0 amide bonds. The van der Waals surface area contributed by atoms with Gasteiger partial charge in [-0.2, -0.15) is 0 Å². The molecule has 0 heterocycles. The van der Waals surface area contributed by atoms with E-state index < -0.39 is 5.97 Å². The molecule has 0 aliphatic carbocycles. The van der Waals surface area contributed by atoms with Crippen LogP contribution in [0.4, 0.5) is 0 Å². The maximum atomic E-state index is 10.2. The third-order valence-corrected chi connectivity index (χ3v) is 3.48. The number of aliphatic hydroxyl groups excluding tert-OH is 1. The quantitative estimate of drug-likeness (QED) is 0.263. The molecule has 0 spiro atoms. The molecule has 0 radical (unpaired) electrons. The lowest BCUT2D eigenvalue weighted by molar-refractivity contribution is -0.131. The van der Waals surface area contributed by atoms with E-state index in [0.29, 0.717) is 0 Å². The van der Waals surface area contributed by atoms with Crippen molar-refractivity contribution in [3.05, 3.63) is 48.6 Å². The molecule has 1 unspecified atom stereocenters. The lowest BCUT2D eigenvalue weighted by Gasteiger charge is -2.09. The molecule has 2 N–H and O–H groups in total. The largest absolute Gasteiger partial charge is 0.478 e.